The van der Waals surface area contributed by atoms with E-state index in [1.807, 2.05) is 0 Å². The second-order valence-corrected chi connectivity index (χ2v) is 2.08. The molecule has 2 heteroatoms. The van der Waals surface area contributed by atoms with Crippen molar-refractivity contribution in [3.63, 3.8) is 0 Å². The zero-order valence-electron chi connectivity index (χ0n) is 8.49. The van der Waals surface area contributed by atoms with Crippen LogP contribution < -0.4 is 5.32 Å². The van der Waals surface area contributed by atoms with Gasteiger partial charge in [0, 0.05) is 42.6 Å². The summed E-state index contributed by atoms with van der Waals surface area (Å²) in [4.78, 5) is 10.4. The number of rotatable bonds is 0. The summed E-state index contributed by atoms with van der Waals surface area (Å²) in [6.07, 6.45) is 4.86. The second-order valence-electron chi connectivity index (χ2n) is 2.08. The first-order valence-electron chi connectivity index (χ1n) is 3.99. The smallest absolute Gasteiger partial charge is 0.228 e. The van der Waals surface area contributed by atoms with E-state index < -0.39 is 0 Å². The van der Waals surface area contributed by atoms with Crippen molar-refractivity contribution in [1.82, 2.24) is 5.32 Å². The van der Waals surface area contributed by atoms with Crippen LogP contribution in [0.3, 0.4) is 0 Å². The molecular formula is C14H5NO. The molecular weight excluding hydrogens is 198 g/mol. The Labute approximate surface area is 95.2 Å². The van der Waals surface area contributed by atoms with Crippen LogP contribution in [0.1, 0.15) is 6.92 Å². The summed E-state index contributed by atoms with van der Waals surface area (Å²) in [6, 6.07) is 2.33. The Hall–Kier alpha value is -3.17. The molecule has 0 saturated heterocycles. The monoisotopic (exact) mass is 203 g/mol. The molecule has 0 atom stereocenters. The third-order valence-electron chi connectivity index (χ3n) is 0.873. The summed E-state index contributed by atoms with van der Waals surface area (Å²) in [6.45, 7) is 1.36. The van der Waals surface area contributed by atoms with Crippen LogP contribution in [0.25, 0.3) is 0 Å². The Kier molecular flexibility index (Phi) is 7.95. The highest BCUT2D eigenvalue weighted by Gasteiger charge is 1.78. The lowest BCUT2D eigenvalue weighted by molar-refractivity contribution is -0.117. The molecule has 0 bridgehead atoms. The molecule has 1 N–H and O–H groups in total. The largest absolute Gasteiger partial charge is 0.285 e. The zero-order chi connectivity index (χ0) is 12.1. The maximum Gasteiger partial charge on any atom is 0.228 e. The van der Waals surface area contributed by atoms with Gasteiger partial charge >= 0.3 is 0 Å². The topological polar surface area (TPSA) is 29.1 Å². The number of carbonyl (C=O) groups is 1. The molecule has 0 aliphatic carbocycles. The minimum Gasteiger partial charge on any atom is -0.285 e. The van der Waals surface area contributed by atoms with Gasteiger partial charge in [-0.1, -0.05) is 0 Å². The van der Waals surface area contributed by atoms with E-state index in [1.165, 1.54) is 6.92 Å². The summed E-state index contributed by atoms with van der Waals surface area (Å²) in [5.74, 6) is 23.5. The van der Waals surface area contributed by atoms with Gasteiger partial charge in [0.15, 0.2) is 0 Å². The molecule has 0 fully saturated rings. The van der Waals surface area contributed by atoms with Gasteiger partial charge in [0.1, 0.15) is 0 Å². The molecule has 16 heavy (non-hydrogen) atoms. The van der Waals surface area contributed by atoms with Crippen LogP contribution in [0.2, 0.25) is 0 Å². The van der Waals surface area contributed by atoms with Gasteiger partial charge in [0.05, 0.1) is 0 Å². The molecule has 0 aliphatic heterocycles. The van der Waals surface area contributed by atoms with E-state index in [0.717, 1.165) is 0 Å². The average molecular weight is 203 g/mol. The van der Waals surface area contributed by atoms with Crippen LogP contribution in [0, 0.1) is 71.7 Å². The molecule has 0 heterocycles. The first-order valence-corrected chi connectivity index (χ1v) is 3.99. The molecule has 0 radical (unpaired) electrons. The van der Waals surface area contributed by atoms with Crippen LogP contribution in [-0.2, 0) is 4.79 Å². The summed E-state index contributed by atoms with van der Waals surface area (Å²) in [5.41, 5.74) is 0. The van der Waals surface area contributed by atoms with Gasteiger partial charge in [-0.15, -0.1) is 6.42 Å². The summed E-state index contributed by atoms with van der Waals surface area (Å²) >= 11 is 0. The predicted molar refractivity (Wildman–Crippen MR) is 61.5 cm³/mol. The van der Waals surface area contributed by atoms with Gasteiger partial charge in [0.2, 0.25) is 5.91 Å². The number of carbonyl (C=O) groups excluding carboxylic acids is 1. The summed E-state index contributed by atoms with van der Waals surface area (Å²) in [7, 11) is 0. The Morgan fingerprint density at radius 1 is 0.875 bits per heavy atom. The third-order valence-corrected chi connectivity index (χ3v) is 0.873. The lowest BCUT2D eigenvalue weighted by atomic mass is 10.5. The molecule has 0 spiro atoms. The van der Waals surface area contributed by atoms with E-state index >= 15 is 0 Å². The van der Waals surface area contributed by atoms with Crippen LogP contribution >= 0.6 is 0 Å². The second kappa shape index (κ2) is 9.91. The number of amides is 1. The SMILES string of the molecule is C#CC#CC#CC#CC#CC#CNC(C)=O. The van der Waals surface area contributed by atoms with Gasteiger partial charge < -0.3 is 0 Å². The van der Waals surface area contributed by atoms with E-state index in [9.17, 15) is 4.79 Å². The van der Waals surface area contributed by atoms with Gasteiger partial charge in [-0.3, -0.25) is 10.1 Å². The molecule has 0 aromatic rings. The molecule has 72 valence electrons. The standard InChI is InChI=1S/C14H5NO/c1-3-4-5-6-7-8-9-10-11-12-13-15-14(2)16/h1H,2H3,(H,15,16). The summed E-state index contributed by atoms with van der Waals surface area (Å²) < 4.78 is 0. The van der Waals surface area contributed by atoms with Crippen LogP contribution in [0.5, 0.6) is 0 Å². The Morgan fingerprint density at radius 3 is 1.75 bits per heavy atom. The Bertz CT molecular complexity index is 605. The van der Waals surface area contributed by atoms with Crippen molar-refractivity contribution >= 4 is 5.91 Å². The lowest BCUT2D eigenvalue weighted by Crippen LogP contribution is -2.11. The van der Waals surface area contributed by atoms with Gasteiger partial charge in [-0.25, -0.2) is 0 Å². The van der Waals surface area contributed by atoms with Gasteiger partial charge in [-0.2, -0.15) is 0 Å². The van der Waals surface area contributed by atoms with Crippen LogP contribution in [0.15, 0.2) is 0 Å². The highest BCUT2D eigenvalue weighted by Crippen LogP contribution is 1.57. The Morgan fingerprint density at radius 2 is 1.31 bits per heavy atom. The van der Waals surface area contributed by atoms with Crippen LogP contribution in [-0.4, -0.2) is 5.91 Å². The van der Waals surface area contributed by atoms with Crippen molar-refractivity contribution in [3.05, 3.63) is 0 Å². The van der Waals surface area contributed by atoms with Crippen molar-refractivity contribution in [2.45, 2.75) is 6.92 Å². The zero-order valence-corrected chi connectivity index (χ0v) is 8.49. The molecule has 0 saturated carbocycles. The fourth-order valence-corrected chi connectivity index (χ4v) is 0.405. The molecule has 0 rings (SSSR count). The highest BCUT2D eigenvalue weighted by molar-refractivity contribution is 5.74. The van der Waals surface area contributed by atoms with E-state index in [4.69, 9.17) is 6.42 Å². The number of terminal acetylenes is 1. The molecule has 1 amide bonds. The quantitative estimate of drug-likeness (QED) is 0.426. The van der Waals surface area contributed by atoms with E-state index in [-0.39, 0.29) is 5.91 Å². The fourth-order valence-electron chi connectivity index (χ4n) is 0.405. The van der Waals surface area contributed by atoms with Crippen LogP contribution in [0.4, 0.5) is 0 Å². The van der Waals surface area contributed by atoms with Crippen molar-refractivity contribution in [2.75, 3.05) is 0 Å². The third kappa shape index (κ3) is 10.8. The number of hydrogen-bond acceptors (Lipinski definition) is 1. The highest BCUT2D eigenvalue weighted by atomic mass is 16.1. The maximum absolute atomic E-state index is 10.4. The minimum atomic E-state index is -0.238. The lowest BCUT2D eigenvalue weighted by Gasteiger charge is -1.80. The Balaban J connectivity index is 4.14. The molecule has 0 aliphatic rings. The van der Waals surface area contributed by atoms with Crippen molar-refractivity contribution in [3.8, 4) is 71.7 Å². The van der Waals surface area contributed by atoms with Gasteiger partial charge in [0.25, 0.3) is 0 Å². The van der Waals surface area contributed by atoms with Crippen molar-refractivity contribution < 1.29 is 4.79 Å². The predicted octanol–water partition coefficient (Wildman–Crippen LogP) is -0.270. The van der Waals surface area contributed by atoms with E-state index in [0.29, 0.717) is 0 Å². The average Bonchev–Trinajstić information content (AvgIpc) is 2.25. The molecule has 2 nitrogen and oxygen atoms in total. The molecule has 0 aromatic heterocycles. The maximum atomic E-state index is 10.4. The van der Waals surface area contributed by atoms with Gasteiger partial charge in [-0.05, 0) is 29.6 Å². The van der Waals surface area contributed by atoms with Crippen molar-refractivity contribution in [1.29, 1.82) is 0 Å². The first kappa shape index (κ1) is 12.8. The minimum absolute atomic E-state index is 0.238. The van der Waals surface area contributed by atoms with Crippen molar-refractivity contribution in [2.24, 2.45) is 0 Å². The molecule has 0 unspecified atom stereocenters. The number of hydrogen-bond donors (Lipinski definition) is 1. The fraction of sp³-hybridized carbons (Fsp3) is 0.0714. The van der Waals surface area contributed by atoms with E-state index in [2.05, 4.69) is 70.6 Å². The molecule has 0 aromatic carbocycles. The first-order chi connectivity index (χ1) is 7.77. The number of nitrogens with one attached hydrogen (secondary N) is 1. The summed E-state index contributed by atoms with van der Waals surface area (Å²) in [5, 5.41) is 2.26. The van der Waals surface area contributed by atoms with E-state index in [1.54, 1.807) is 0 Å². The normalized spacial score (nSPS) is 4.75.